The third kappa shape index (κ3) is 4.87. The maximum absolute atomic E-state index is 13.8. The number of hydrogen-bond donors (Lipinski definition) is 1. The molecule has 39 heavy (non-hydrogen) atoms. The zero-order valence-corrected chi connectivity index (χ0v) is 21.5. The van der Waals surface area contributed by atoms with Gasteiger partial charge in [0.2, 0.25) is 5.91 Å². The van der Waals surface area contributed by atoms with Crippen LogP contribution in [-0.4, -0.2) is 21.6 Å². The molecule has 1 aliphatic heterocycles. The minimum atomic E-state index is -0.491. The average molecular weight is 536 g/mol. The molecule has 0 radical (unpaired) electrons. The van der Waals surface area contributed by atoms with Crippen LogP contribution in [0, 0.1) is 5.82 Å². The Kier molecular flexibility index (Phi) is 6.55. The van der Waals surface area contributed by atoms with Crippen LogP contribution in [0.5, 0.6) is 0 Å². The Balaban J connectivity index is 1.52. The van der Waals surface area contributed by atoms with Crippen molar-refractivity contribution in [3.05, 3.63) is 141 Å². The second-order valence-electron chi connectivity index (χ2n) is 9.48. The maximum Gasteiger partial charge on any atom is 0.258 e. The number of aromatic nitrogens is 1. The molecule has 192 valence electrons. The fourth-order valence-corrected chi connectivity index (χ4v) is 5.30. The first-order chi connectivity index (χ1) is 19.0. The van der Waals surface area contributed by atoms with Gasteiger partial charge in [-0.25, -0.2) is 9.40 Å². The second-order valence-corrected chi connectivity index (χ2v) is 9.92. The van der Waals surface area contributed by atoms with E-state index < -0.39 is 6.04 Å². The third-order valence-electron chi connectivity index (χ3n) is 6.95. The SMILES string of the molecule is O=C(Cc1ccccc1)N1N=C(c2c(-c3ccccc3)c3cc(Cl)ccc3[nH]c2=O)CC1c1ccc(F)cc1. The highest BCUT2D eigenvalue weighted by molar-refractivity contribution is 6.31. The molecule has 0 aliphatic carbocycles. The molecule has 0 saturated carbocycles. The lowest BCUT2D eigenvalue weighted by Crippen LogP contribution is -2.28. The molecule has 2 heterocycles. The van der Waals surface area contributed by atoms with Crippen molar-refractivity contribution in [1.29, 1.82) is 0 Å². The Morgan fingerprint density at radius 1 is 0.923 bits per heavy atom. The summed E-state index contributed by atoms with van der Waals surface area (Å²) in [5, 5.41) is 7.51. The summed E-state index contributed by atoms with van der Waals surface area (Å²) in [6.07, 6.45) is 0.436. The standard InChI is InChI=1S/C32H23ClFN3O2/c33-23-13-16-26-25(18-23)30(22-9-5-2-6-10-22)31(32(39)35-26)27-19-28(21-11-14-24(34)15-12-21)37(36-27)29(38)17-20-7-3-1-4-8-20/h1-16,18,28H,17,19H2,(H,35,39). The Hall–Kier alpha value is -4.55. The van der Waals surface area contributed by atoms with E-state index in [-0.39, 0.29) is 23.7 Å². The number of amides is 1. The van der Waals surface area contributed by atoms with Crippen molar-refractivity contribution in [2.75, 3.05) is 0 Å². The van der Waals surface area contributed by atoms with Gasteiger partial charge in [-0.1, -0.05) is 84.4 Å². The Morgan fingerprint density at radius 2 is 1.62 bits per heavy atom. The molecule has 1 atom stereocenters. The molecule has 6 rings (SSSR count). The van der Waals surface area contributed by atoms with Gasteiger partial charge >= 0.3 is 0 Å². The number of nitrogens with zero attached hydrogens (tertiary/aromatic N) is 2. The first kappa shape index (κ1) is 24.8. The smallest absolute Gasteiger partial charge is 0.258 e. The lowest BCUT2D eigenvalue weighted by atomic mass is 9.91. The first-order valence-electron chi connectivity index (χ1n) is 12.6. The fraction of sp³-hybridized carbons (Fsp3) is 0.0938. The minimum absolute atomic E-state index is 0.143. The lowest BCUT2D eigenvalue weighted by Gasteiger charge is -2.22. The number of benzene rings is 4. The van der Waals surface area contributed by atoms with Gasteiger partial charge in [-0.2, -0.15) is 5.10 Å². The van der Waals surface area contributed by atoms with Gasteiger partial charge in [0.1, 0.15) is 5.82 Å². The van der Waals surface area contributed by atoms with Crippen LogP contribution in [0.15, 0.2) is 113 Å². The number of hydrazone groups is 1. The molecule has 0 saturated heterocycles. The zero-order valence-electron chi connectivity index (χ0n) is 20.8. The second kappa shape index (κ2) is 10.3. The van der Waals surface area contributed by atoms with Gasteiger partial charge in [0.15, 0.2) is 0 Å². The van der Waals surface area contributed by atoms with Gasteiger partial charge in [0.05, 0.1) is 23.7 Å². The van der Waals surface area contributed by atoms with Crippen molar-refractivity contribution in [3.8, 4) is 11.1 Å². The average Bonchev–Trinajstić information content (AvgIpc) is 3.39. The van der Waals surface area contributed by atoms with E-state index in [1.54, 1.807) is 24.3 Å². The van der Waals surface area contributed by atoms with E-state index in [1.807, 2.05) is 66.7 Å². The van der Waals surface area contributed by atoms with E-state index >= 15 is 0 Å². The number of hydrogen-bond acceptors (Lipinski definition) is 3. The van der Waals surface area contributed by atoms with Crippen molar-refractivity contribution >= 4 is 34.1 Å². The molecule has 0 bridgehead atoms. The summed E-state index contributed by atoms with van der Waals surface area (Å²) < 4.78 is 13.8. The number of H-pyrrole nitrogens is 1. The number of fused-ring (bicyclic) bond motifs is 1. The van der Waals surface area contributed by atoms with Crippen LogP contribution in [0.3, 0.4) is 0 Å². The van der Waals surface area contributed by atoms with E-state index in [4.69, 9.17) is 16.7 Å². The van der Waals surface area contributed by atoms with Crippen LogP contribution in [0.25, 0.3) is 22.0 Å². The van der Waals surface area contributed by atoms with Gasteiger partial charge in [-0.3, -0.25) is 9.59 Å². The van der Waals surface area contributed by atoms with Crippen molar-refractivity contribution in [3.63, 3.8) is 0 Å². The Morgan fingerprint density at radius 3 is 2.33 bits per heavy atom. The van der Waals surface area contributed by atoms with Gasteiger partial charge in [-0.05, 0) is 47.0 Å². The summed E-state index contributed by atoms with van der Waals surface area (Å²) in [7, 11) is 0. The summed E-state index contributed by atoms with van der Waals surface area (Å²) in [4.78, 5) is 30.2. The summed E-state index contributed by atoms with van der Waals surface area (Å²) in [6, 6.07) is 29.9. The number of rotatable bonds is 5. The van der Waals surface area contributed by atoms with Crippen LogP contribution in [0.2, 0.25) is 5.02 Å². The maximum atomic E-state index is 13.8. The van der Waals surface area contributed by atoms with Crippen molar-refractivity contribution in [2.45, 2.75) is 18.9 Å². The van der Waals surface area contributed by atoms with Gasteiger partial charge < -0.3 is 4.98 Å². The van der Waals surface area contributed by atoms with E-state index in [2.05, 4.69) is 4.98 Å². The predicted molar refractivity (Wildman–Crippen MR) is 152 cm³/mol. The van der Waals surface area contributed by atoms with Crippen LogP contribution in [0.1, 0.15) is 29.2 Å². The number of halogens is 2. The highest BCUT2D eigenvalue weighted by Gasteiger charge is 2.35. The number of nitrogens with one attached hydrogen (secondary N) is 1. The van der Waals surface area contributed by atoms with Crippen LogP contribution in [-0.2, 0) is 11.2 Å². The number of carbonyl (C=O) groups excluding carboxylic acids is 1. The number of aromatic amines is 1. The summed E-state index contributed by atoms with van der Waals surface area (Å²) in [6.45, 7) is 0. The van der Waals surface area contributed by atoms with E-state index in [9.17, 15) is 14.0 Å². The van der Waals surface area contributed by atoms with Gasteiger partial charge in [0, 0.05) is 27.9 Å². The zero-order chi connectivity index (χ0) is 26.9. The third-order valence-corrected chi connectivity index (χ3v) is 7.18. The topological polar surface area (TPSA) is 65.5 Å². The molecule has 1 N–H and O–H groups in total. The van der Waals surface area contributed by atoms with Crippen molar-refractivity contribution in [1.82, 2.24) is 9.99 Å². The molecule has 5 nitrogen and oxygen atoms in total. The van der Waals surface area contributed by atoms with Crippen LogP contribution < -0.4 is 5.56 Å². The molecule has 0 fully saturated rings. The minimum Gasteiger partial charge on any atom is -0.321 e. The predicted octanol–water partition coefficient (Wildman–Crippen LogP) is 6.91. The molecule has 0 spiro atoms. The summed E-state index contributed by atoms with van der Waals surface area (Å²) in [5.74, 6) is -0.582. The molecule has 4 aromatic carbocycles. The number of pyridine rings is 1. The first-order valence-corrected chi connectivity index (χ1v) is 13.0. The van der Waals surface area contributed by atoms with Crippen molar-refractivity contribution in [2.24, 2.45) is 5.10 Å². The van der Waals surface area contributed by atoms with E-state index in [1.165, 1.54) is 17.1 Å². The number of carbonyl (C=O) groups is 1. The van der Waals surface area contributed by atoms with Crippen molar-refractivity contribution < 1.29 is 9.18 Å². The quantitative estimate of drug-likeness (QED) is 0.266. The van der Waals surface area contributed by atoms with Crippen LogP contribution >= 0.6 is 11.6 Å². The molecular weight excluding hydrogens is 513 g/mol. The molecular formula is C32H23ClFN3O2. The van der Waals surface area contributed by atoms with E-state index in [0.29, 0.717) is 33.8 Å². The molecule has 1 unspecified atom stereocenters. The molecule has 5 aromatic rings. The largest absolute Gasteiger partial charge is 0.321 e. The van der Waals surface area contributed by atoms with Gasteiger partial charge in [0.25, 0.3) is 5.56 Å². The molecule has 1 aliphatic rings. The molecule has 1 aromatic heterocycles. The Labute approximate surface area is 229 Å². The van der Waals surface area contributed by atoms with E-state index in [0.717, 1.165) is 22.1 Å². The monoisotopic (exact) mass is 535 g/mol. The molecule has 1 amide bonds. The van der Waals surface area contributed by atoms with Gasteiger partial charge in [-0.15, -0.1) is 0 Å². The fourth-order valence-electron chi connectivity index (χ4n) is 5.13. The highest BCUT2D eigenvalue weighted by atomic mass is 35.5. The summed E-state index contributed by atoms with van der Waals surface area (Å²) >= 11 is 6.38. The normalized spacial score (nSPS) is 15.0. The summed E-state index contributed by atoms with van der Waals surface area (Å²) in [5.41, 5.74) is 4.33. The lowest BCUT2D eigenvalue weighted by molar-refractivity contribution is -0.132. The highest BCUT2D eigenvalue weighted by Crippen LogP contribution is 2.37. The van der Waals surface area contributed by atoms with Crippen LogP contribution in [0.4, 0.5) is 4.39 Å². The Bertz CT molecular complexity index is 1770. The molecule has 7 heteroatoms.